The first-order valence-corrected chi connectivity index (χ1v) is 16.9. The van der Waals surface area contributed by atoms with Crippen molar-refractivity contribution in [3.63, 3.8) is 0 Å². The van der Waals surface area contributed by atoms with Gasteiger partial charge in [0, 0.05) is 0 Å². The van der Waals surface area contributed by atoms with Crippen molar-refractivity contribution in [1.29, 1.82) is 0 Å². The standard InChI is InChI=1S/C12H10Si.C6H6P.C5H5.2ClH.Ti/c1-3-7-11(8-4-1)13-12-9-5-2-6-10-12;7-6-4-2-1-3-5-6;1-2-4-5-3-1;;;/h1-10H;1-5,7H;1-3H,4H2;2*1H;/q;-1;;;;+3/p-2. The maximum atomic E-state index is 2.43. The van der Waals surface area contributed by atoms with Crippen LogP contribution in [0.25, 0.3) is 0 Å². The second-order valence-electron chi connectivity index (χ2n) is 6.30. The Balaban J connectivity index is 0.00000140. The van der Waals surface area contributed by atoms with E-state index in [4.69, 9.17) is 0 Å². The molecule has 0 radical (unpaired) electrons. The largest absolute Gasteiger partial charge is 1.00 e. The van der Waals surface area contributed by atoms with Crippen molar-refractivity contribution in [3.05, 3.63) is 113 Å². The summed E-state index contributed by atoms with van der Waals surface area (Å²) in [5.74, 6) is 0. The Labute approximate surface area is 187 Å². The predicted octanol–water partition coefficient (Wildman–Crippen LogP) is -1.82. The van der Waals surface area contributed by atoms with Crippen molar-refractivity contribution in [1.82, 2.24) is 0 Å². The fraction of sp³-hybridized carbons (Fsp3) is 0.0435. The van der Waals surface area contributed by atoms with E-state index < -0.39 is 22.3 Å². The van der Waals surface area contributed by atoms with Gasteiger partial charge in [-0.3, -0.25) is 0 Å². The number of hydrogen-bond acceptors (Lipinski definition) is 0. The Morgan fingerprint density at radius 3 is 1.64 bits per heavy atom. The third-order valence-electron chi connectivity index (χ3n) is 4.51. The van der Waals surface area contributed by atoms with E-state index in [9.17, 15) is 0 Å². The summed E-state index contributed by atoms with van der Waals surface area (Å²) in [5, 5.41) is 4.69. The molecule has 1 unspecified atom stereocenters. The maximum absolute atomic E-state index is 2.43. The van der Waals surface area contributed by atoms with Gasteiger partial charge in [0.25, 0.3) is 0 Å². The van der Waals surface area contributed by atoms with Gasteiger partial charge in [0.2, 0.25) is 0 Å². The minimum absolute atomic E-state index is 0. The zero-order valence-electron chi connectivity index (χ0n) is 15.4. The molecule has 0 aromatic heterocycles. The van der Waals surface area contributed by atoms with E-state index >= 15 is 0 Å². The molecule has 0 aliphatic heterocycles. The van der Waals surface area contributed by atoms with Crippen molar-refractivity contribution in [2.24, 2.45) is 0 Å². The minimum Gasteiger partial charge on any atom is -1.00 e. The van der Waals surface area contributed by atoms with Gasteiger partial charge in [0.15, 0.2) is 0 Å². The summed E-state index contributed by atoms with van der Waals surface area (Å²) in [6.07, 6.45) is 7.47. The van der Waals surface area contributed by atoms with E-state index in [2.05, 4.69) is 109 Å². The van der Waals surface area contributed by atoms with Gasteiger partial charge >= 0.3 is 164 Å². The van der Waals surface area contributed by atoms with Crippen molar-refractivity contribution >= 4 is 28.4 Å². The van der Waals surface area contributed by atoms with Crippen molar-refractivity contribution in [3.8, 4) is 0 Å². The Morgan fingerprint density at radius 1 is 0.679 bits per heavy atom. The van der Waals surface area contributed by atoms with Gasteiger partial charge in [-0.2, -0.15) is 0 Å². The van der Waals surface area contributed by atoms with Crippen molar-refractivity contribution in [2.75, 3.05) is 0 Å². The van der Waals surface area contributed by atoms with Gasteiger partial charge in [0.05, 0.1) is 0 Å². The molecule has 0 saturated heterocycles. The molecule has 1 aliphatic rings. The molecule has 3 aromatic carbocycles. The van der Waals surface area contributed by atoms with E-state index in [1.165, 1.54) is 11.7 Å². The van der Waals surface area contributed by atoms with Gasteiger partial charge < -0.3 is 24.8 Å². The number of hydrogen-bond donors (Lipinski definition) is 0. The van der Waals surface area contributed by atoms with E-state index in [1.54, 1.807) is 14.3 Å². The third-order valence-corrected chi connectivity index (χ3v) is 24.1. The summed E-state index contributed by atoms with van der Waals surface area (Å²) >= 11 is -1.50. The second kappa shape index (κ2) is 11.9. The van der Waals surface area contributed by atoms with E-state index in [0.717, 1.165) is 6.57 Å². The minimum atomic E-state index is -1.50. The van der Waals surface area contributed by atoms with Crippen LogP contribution in [-0.2, 0) is 16.1 Å². The summed E-state index contributed by atoms with van der Waals surface area (Å²) in [6.45, 7) is 0.965. The van der Waals surface area contributed by atoms with Gasteiger partial charge in [-0.05, 0) is 0 Å². The molecule has 140 valence electrons. The Morgan fingerprint density at radius 2 is 1.18 bits per heavy atom. The van der Waals surface area contributed by atoms with Crippen LogP contribution >= 0.6 is 6.57 Å². The quantitative estimate of drug-likeness (QED) is 0.302. The van der Waals surface area contributed by atoms with Crippen LogP contribution in [0.5, 0.6) is 0 Å². The molecule has 0 amide bonds. The van der Waals surface area contributed by atoms with Crippen molar-refractivity contribution in [2.45, 2.75) is 6.42 Å². The first-order valence-electron chi connectivity index (χ1n) is 8.95. The van der Waals surface area contributed by atoms with Gasteiger partial charge in [0.1, 0.15) is 0 Å². The molecule has 0 spiro atoms. The Bertz CT molecular complexity index is 930. The summed E-state index contributed by atoms with van der Waals surface area (Å²) in [7, 11) is 0. The summed E-state index contributed by atoms with van der Waals surface area (Å²) < 4.78 is 1.76. The molecule has 0 saturated carbocycles. The molecule has 28 heavy (non-hydrogen) atoms. The number of benzene rings is 3. The Hall–Kier alpha value is -0.919. The van der Waals surface area contributed by atoms with Gasteiger partial charge in [-0.1, -0.05) is 0 Å². The van der Waals surface area contributed by atoms with Crippen LogP contribution in [0.2, 0.25) is 0 Å². The van der Waals surface area contributed by atoms with E-state index in [-0.39, 0.29) is 24.8 Å². The number of halogens is 2. The monoisotopic (exact) mass is 474 g/mol. The number of allylic oxidation sites excluding steroid dienone is 4. The summed E-state index contributed by atoms with van der Waals surface area (Å²) in [6, 6.07) is 33.8. The molecular weight excluding hydrogens is 454 g/mol. The molecular formula is C23H21Cl2PSiTi. The van der Waals surface area contributed by atoms with Crippen molar-refractivity contribution < 1.29 is 40.9 Å². The normalized spacial score (nSPS) is 11.9. The molecule has 1 aliphatic carbocycles. The average Bonchev–Trinajstić information content (AvgIpc) is 3.25. The van der Waals surface area contributed by atoms with Gasteiger partial charge in [-0.25, -0.2) is 0 Å². The van der Waals surface area contributed by atoms with E-state index in [0.29, 0.717) is 0 Å². The zero-order valence-corrected chi connectivity index (χ0v) is 20.4. The van der Waals surface area contributed by atoms with Crippen LogP contribution < -0.4 is 40.5 Å². The molecule has 4 rings (SSSR count). The van der Waals surface area contributed by atoms with Crippen LogP contribution in [0, 0.1) is 0 Å². The predicted molar refractivity (Wildman–Crippen MR) is 114 cm³/mol. The van der Waals surface area contributed by atoms with Gasteiger partial charge in [-0.15, -0.1) is 0 Å². The van der Waals surface area contributed by atoms with Crippen LogP contribution in [0.4, 0.5) is 0 Å². The first-order chi connectivity index (χ1) is 12.9. The molecule has 0 nitrogen and oxygen atoms in total. The van der Waals surface area contributed by atoms with E-state index in [1.807, 2.05) is 0 Å². The first kappa shape index (κ1) is 23.4. The molecule has 0 bridgehead atoms. The third kappa shape index (κ3) is 5.80. The molecule has 3 aromatic rings. The maximum Gasteiger partial charge on any atom is -1.00 e. The molecule has 5 heteroatoms. The fourth-order valence-corrected chi connectivity index (χ4v) is 25.1. The molecule has 0 fully saturated rings. The van der Waals surface area contributed by atoms with Crippen LogP contribution in [0.3, 0.4) is 0 Å². The molecule has 0 heterocycles. The Kier molecular flexibility index (Phi) is 9.96. The SMILES string of the molecule is C1=CC[C]([Ti+2]([PH]c2ccccc2)=[Si](c2ccccc2)c2ccccc2)=C1.[Cl-].[Cl-]. The number of rotatable bonds is 5. The summed E-state index contributed by atoms with van der Waals surface area (Å²) in [5.41, 5.74) is 0. The molecule has 1 atom stereocenters. The molecule has 0 N–H and O–H groups in total. The van der Waals surface area contributed by atoms with Crippen LogP contribution in [0.15, 0.2) is 113 Å². The van der Waals surface area contributed by atoms with Crippen LogP contribution in [0.1, 0.15) is 6.42 Å². The second-order valence-corrected chi connectivity index (χ2v) is 20.9. The van der Waals surface area contributed by atoms with Crippen LogP contribution in [-0.4, -0.2) is 6.19 Å². The zero-order chi connectivity index (χ0) is 17.6. The summed E-state index contributed by atoms with van der Waals surface area (Å²) in [4.78, 5) is 0. The average molecular weight is 475 g/mol. The smallest absolute Gasteiger partial charge is 1.00 e. The topological polar surface area (TPSA) is 0 Å². The fourth-order valence-electron chi connectivity index (χ4n) is 3.27.